The molecule has 0 radical (unpaired) electrons. The van der Waals surface area contributed by atoms with Gasteiger partial charge in [0, 0.05) is 5.39 Å². The molecule has 3 rings (SSSR count). The molecule has 3 aromatic rings. The normalized spacial score (nSPS) is 12.8. The third-order valence-electron chi connectivity index (χ3n) is 4.41. The van der Waals surface area contributed by atoms with Crippen molar-refractivity contribution in [3.8, 4) is 0 Å². The Hall–Kier alpha value is -2.12. The number of para-hydroxylation sites is 1. The largest absolute Gasteiger partial charge is 0.239 e. The lowest BCUT2D eigenvalue weighted by molar-refractivity contribution is 0.574. The molecule has 1 heterocycles. The van der Waals surface area contributed by atoms with Crippen molar-refractivity contribution < 1.29 is 16.8 Å². The molecule has 0 N–H and O–H groups in total. The van der Waals surface area contributed by atoms with E-state index in [1.165, 1.54) is 25.1 Å². The molecule has 5 nitrogen and oxygen atoms in total. The highest BCUT2D eigenvalue weighted by molar-refractivity contribution is 7.93. The number of hydrogen-bond acceptors (Lipinski definition) is 4. The van der Waals surface area contributed by atoms with E-state index in [0.29, 0.717) is 10.9 Å². The van der Waals surface area contributed by atoms with Crippen LogP contribution < -0.4 is 0 Å². The van der Waals surface area contributed by atoms with Gasteiger partial charge in [0.05, 0.1) is 16.2 Å². The van der Waals surface area contributed by atoms with Gasteiger partial charge in [-0.2, -0.15) is 0 Å². The minimum absolute atomic E-state index is 0.0808. The van der Waals surface area contributed by atoms with E-state index >= 15 is 0 Å². The number of sulfone groups is 1. The zero-order valence-electron chi connectivity index (χ0n) is 14.9. The fourth-order valence-electron chi connectivity index (χ4n) is 2.86. The number of nitrogens with zero attached hydrogens (tertiary/aromatic N) is 1. The topological polar surface area (TPSA) is 73.2 Å². The maximum atomic E-state index is 13.2. The molecule has 0 saturated carbocycles. The summed E-state index contributed by atoms with van der Waals surface area (Å²) >= 11 is 0. The Morgan fingerprint density at radius 1 is 0.923 bits per heavy atom. The average Bonchev–Trinajstić information content (AvgIpc) is 3.03. The van der Waals surface area contributed by atoms with Crippen LogP contribution in [0.4, 0.5) is 0 Å². The minimum atomic E-state index is -3.98. The van der Waals surface area contributed by atoms with Crippen molar-refractivity contribution in [1.82, 2.24) is 3.97 Å². The van der Waals surface area contributed by atoms with Crippen LogP contribution in [0.2, 0.25) is 0 Å². The van der Waals surface area contributed by atoms with E-state index in [4.69, 9.17) is 0 Å². The van der Waals surface area contributed by atoms with Gasteiger partial charge in [0.2, 0.25) is 19.9 Å². The van der Waals surface area contributed by atoms with Crippen molar-refractivity contribution in [3.63, 3.8) is 0 Å². The molecular weight excluding hydrogens is 370 g/mol. The molecule has 0 aliphatic heterocycles. The number of rotatable bonds is 5. The highest BCUT2D eigenvalue weighted by atomic mass is 32.2. The minimum Gasteiger partial charge on any atom is -0.226 e. The quantitative estimate of drug-likeness (QED) is 0.663. The monoisotopic (exact) mass is 391 g/mol. The molecule has 0 amide bonds. The van der Waals surface area contributed by atoms with Crippen LogP contribution in [0.15, 0.2) is 64.5 Å². The number of fused-ring (bicyclic) bond motifs is 1. The Morgan fingerprint density at radius 3 is 2.12 bits per heavy atom. The summed E-state index contributed by atoms with van der Waals surface area (Å²) in [5.41, 5.74) is 1.39. The molecule has 0 fully saturated rings. The Morgan fingerprint density at radius 2 is 1.54 bits per heavy atom. The average molecular weight is 392 g/mol. The SMILES string of the molecule is CCS(=O)(=O)n1c(S(=O)(=O)c2ccc(C(C)C)cc2)cc2ccccc21. The fraction of sp³-hybridized carbons (Fsp3) is 0.263. The molecule has 26 heavy (non-hydrogen) atoms. The number of aromatic nitrogens is 1. The molecule has 0 aliphatic rings. The van der Waals surface area contributed by atoms with Gasteiger partial charge in [-0.3, -0.25) is 0 Å². The molecule has 7 heteroatoms. The van der Waals surface area contributed by atoms with E-state index in [1.54, 1.807) is 36.4 Å². The van der Waals surface area contributed by atoms with Crippen LogP contribution >= 0.6 is 0 Å². The Bertz CT molecular complexity index is 1160. The molecule has 0 unspecified atom stereocenters. The third kappa shape index (κ3) is 3.05. The second kappa shape index (κ2) is 6.55. The first kappa shape index (κ1) is 18.7. The van der Waals surface area contributed by atoms with Crippen molar-refractivity contribution in [2.24, 2.45) is 0 Å². The van der Waals surface area contributed by atoms with Gasteiger partial charge in [-0.05, 0) is 42.7 Å². The van der Waals surface area contributed by atoms with Crippen LogP contribution in [0.25, 0.3) is 10.9 Å². The van der Waals surface area contributed by atoms with Gasteiger partial charge in [0.25, 0.3) is 0 Å². The highest BCUT2D eigenvalue weighted by Crippen LogP contribution is 2.30. The van der Waals surface area contributed by atoms with Gasteiger partial charge < -0.3 is 0 Å². The summed E-state index contributed by atoms with van der Waals surface area (Å²) in [7, 11) is -7.77. The van der Waals surface area contributed by atoms with Gasteiger partial charge >= 0.3 is 0 Å². The van der Waals surface area contributed by atoms with Crippen molar-refractivity contribution in [2.75, 3.05) is 5.75 Å². The van der Waals surface area contributed by atoms with Crippen LogP contribution in [0.1, 0.15) is 32.3 Å². The predicted octanol–water partition coefficient (Wildman–Crippen LogP) is 3.80. The first-order valence-corrected chi connectivity index (χ1v) is 11.5. The fourth-order valence-corrected chi connectivity index (χ4v) is 5.88. The molecule has 0 bridgehead atoms. The Balaban J connectivity index is 2.28. The summed E-state index contributed by atoms with van der Waals surface area (Å²) < 4.78 is 52.6. The summed E-state index contributed by atoms with van der Waals surface area (Å²) in [6.45, 7) is 5.54. The lowest BCUT2D eigenvalue weighted by atomic mass is 10.0. The highest BCUT2D eigenvalue weighted by Gasteiger charge is 2.29. The molecule has 0 atom stereocenters. The summed E-state index contributed by atoms with van der Waals surface area (Å²) in [6.07, 6.45) is 0. The molecule has 1 aromatic heterocycles. The second-order valence-corrected chi connectivity index (χ2v) is 10.4. The first-order chi connectivity index (χ1) is 12.2. The number of hydrogen-bond donors (Lipinski definition) is 0. The standard InChI is InChI=1S/C19H21NO4S2/c1-4-25(21,22)20-18-8-6-5-7-16(18)13-19(20)26(23,24)17-11-9-15(10-12-17)14(2)3/h5-14H,4H2,1-3H3. The summed E-state index contributed by atoms with van der Waals surface area (Å²) in [5, 5.41) is 0.347. The van der Waals surface area contributed by atoms with E-state index in [9.17, 15) is 16.8 Å². The molecule has 0 saturated heterocycles. The van der Waals surface area contributed by atoms with Crippen LogP contribution in [-0.2, 0) is 19.9 Å². The zero-order valence-corrected chi connectivity index (χ0v) is 16.5. The smallest absolute Gasteiger partial charge is 0.226 e. The lowest BCUT2D eigenvalue weighted by Crippen LogP contribution is -2.19. The third-order valence-corrected chi connectivity index (χ3v) is 7.95. The maximum absolute atomic E-state index is 13.2. The van der Waals surface area contributed by atoms with Gasteiger partial charge in [-0.1, -0.05) is 44.2 Å². The Labute approximate surface area is 154 Å². The van der Waals surface area contributed by atoms with E-state index in [-0.39, 0.29) is 21.6 Å². The van der Waals surface area contributed by atoms with Gasteiger partial charge in [-0.25, -0.2) is 20.8 Å². The van der Waals surface area contributed by atoms with Gasteiger partial charge in [-0.15, -0.1) is 0 Å². The van der Waals surface area contributed by atoms with E-state index in [1.807, 2.05) is 13.8 Å². The van der Waals surface area contributed by atoms with E-state index in [2.05, 4.69) is 0 Å². The molecular formula is C19H21NO4S2. The number of benzene rings is 2. The summed E-state index contributed by atoms with van der Waals surface area (Å²) in [4.78, 5) is 0.0808. The molecule has 2 aromatic carbocycles. The van der Waals surface area contributed by atoms with Crippen LogP contribution in [0, 0.1) is 0 Å². The van der Waals surface area contributed by atoms with Crippen molar-refractivity contribution in [3.05, 3.63) is 60.2 Å². The van der Waals surface area contributed by atoms with Crippen molar-refractivity contribution >= 4 is 30.8 Å². The molecule has 0 aliphatic carbocycles. The van der Waals surface area contributed by atoms with Gasteiger partial charge in [0.1, 0.15) is 0 Å². The van der Waals surface area contributed by atoms with Crippen LogP contribution in [0.3, 0.4) is 0 Å². The van der Waals surface area contributed by atoms with Crippen LogP contribution in [-0.4, -0.2) is 26.6 Å². The van der Waals surface area contributed by atoms with E-state index in [0.717, 1.165) is 9.54 Å². The predicted molar refractivity (Wildman–Crippen MR) is 103 cm³/mol. The van der Waals surface area contributed by atoms with Crippen molar-refractivity contribution in [2.45, 2.75) is 36.6 Å². The summed E-state index contributed by atoms with van der Waals surface area (Å²) in [5.74, 6) is 0.0826. The maximum Gasteiger partial charge on any atom is 0.239 e. The summed E-state index contributed by atoms with van der Waals surface area (Å²) in [6, 6.07) is 14.8. The van der Waals surface area contributed by atoms with Gasteiger partial charge in [0.15, 0.2) is 5.03 Å². The Kier molecular flexibility index (Phi) is 4.71. The first-order valence-electron chi connectivity index (χ1n) is 8.37. The second-order valence-electron chi connectivity index (χ2n) is 6.43. The van der Waals surface area contributed by atoms with E-state index < -0.39 is 19.9 Å². The molecule has 0 spiro atoms. The molecule has 138 valence electrons. The lowest BCUT2D eigenvalue weighted by Gasteiger charge is -2.12. The zero-order chi connectivity index (χ0) is 19.1. The van der Waals surface area contributed by atoms with Crippen LogP contribution in [0.5, 0.6) is 0 Å². The van der Waals surface area contributed by atoms with Crippen molar-refractivity contribution in [1.29, 1.82) is 0 Å².